The fourth-order valence-corrected chi connectivity index (χ4v) is 9.26. The van der Waals surface area contributed by atoms with Gasteiger partial charge in [-0.3, -0.25) is 4.57 Å². The molecule has 10 rings (SSSR count). The van der Waals surface area contributed by atoms with Gasteiger partial charge >= 0.3 is 0 Å². The summed E-state index contributed by atoms with van der Waals surface area (Å²) in [4.78, 5) is 9.86. The fourth-order valence-electron chi connectivity index (χ4n) is 9.26. The summed E-state index contributed by atoms with van der Waals surface area (Å²) in [7, 11) is 0. The zero-order valence-corrected chi connectivity index (χ0v) is 37.1. The Morgan fingerprint density at radius 1 is 0.468 bits per heavy atom. The van der Waals surface area contributed by atoms with Gasteiger partial charge in [0.25, 0.3) is 0 Å². The van der Waals surface area contributed by atoms with Gasteiger partial charge in [-0.25, -0.2) is 4.98 Å². The average Bonchev–Trinajstić information content (AvgIpc) is 3.82. The van der Waals surface area contributed by atoms with Crippen LogP contribution in [0.25, 0.3) is 38.4 Å². The van der Waals surface area contributed by atoms with Crippen LogP contribution in [-0.2, 0) is 16.2 Å². The van der Waals surface area contributed by atoms with Crippen molar-refractivity contribution in [1.29, 1.82) is 0 Å². The van der Waals surface area contributed by atoms with Crippen LogP contribution in [0.4, 0.5) is 22.7 Å². The molecule has 5 heteroatoms. The molecule has 5 nitrogen and oxygen atoms in total. The van der Waals surface area contributed by atoms with E-state index in [1.807, 2.05) is 12.3 Å². The van der Waals surface area contributed by atoms with Crippen molar-refractivity contribution in [2.75, 3.05) is 16.5 Å². The molecule has 7 aromatic carbocycles. The highest BCUT2D eigenvalue weighted by molar-refractivity contribution is 6.09. The molecule has 0 fully saturated rings. The molecular formula is C57H54N4O. The molecule has 0 atom stereocenters. The van der Waals surface area contributed by atoms with Crippen molar-refractivity contribution in [3.05, 3.63) is 192 Å². The number of para-hydroxylation sites is 3. The predicted molar refractivity (Wildman–Crippen MR) is 261 cm³/mol. The molecule has 0 saturated heterocycles. The van der Waals surface area contributed by atoms with Crippen molar-refractivity contribution < 1.29 is 4.74 Å². The summed E-state index contributed by atoms with van der Waals surface area (Å²) < 4.78 is 9.07. The van der Waals surface area contributed by atoms with Crippen molar-refractivity contribution in [1.82, 2.24) is 9.55 Å². The summed E-state index contributed by atoms with van der Waals surface area (Å²) in [5.41, 5.74) is 11.8. The topological polar surface area (TPSA) is 33.5 Å². The first kappa shape index (κ1) is 39.3. The molecule has 0 unspecified atom stereocenters. The van der Waals surface area contributed by atoms with E-state index in [9.17, 15) is 0 Å². The molecule has 0 radical (unpaired) electrons. The van der Waals surface area contributed by atoms with Crippen molar-refractivity contribution in [3.63, 3.8) is 0 Å². The van der Waals surface area contributed by atoms with E-state index < -0.39 is 0 Å². The maximum atomic E-state index is 6.78. The largest absolute Gasteiger partial charge is 0.457 e. The van der Waals surface area contributed by atoms with Gasteiger partial charge in [-0.15, -0.1) is 0 Å². The van der Waals surface area contributed by atoms with E-state index >= 15 is 0 Å². The summed E-state index contributed by atoms with van der Waals surface area (Å²) in [6, 6.07) is 59.1. The second-order valence-corrected chi connectivity index (χ2v) is 19.4. The van der Waals surface area contributed by atoms with Gasteiger partial charge in [-0.2, -0.15) is 0 Å². The van der Waals surface area contributed by atoms with Crippen LogP contribution in [0.3, 0.4) is 0 Å². The van der Waals surface area contributed by atoms with Gasteiger partial charge in [-0.1, -0.05) is 140 Å². The molecule has 0 N–H and O–H groups in total. The molecule has 308 valence electrons. The number of pyridine rings is 1. The molecule has 1 aliphatic heterocycles. The second kappa shape index (κ2) is 14.7. The molecular weight excluding hydrogens is 757 g/mol. The standard InChI is InChI=1S/C57H54N4O/c1-55(2,3)40-31-41(56(4,5)6)33-43(32-40)60-37-59(51-25-13-14-26-52(51)60)42-19-16-20-44(35-42)62-45-27-28-48-47-22-11-12-24-50(47)61(53(48)36-45)54-34-39(29-30-58-54)57(7,8)49-23-15-18-38-17-9-10-21-46(38)49/h9-36H,37H2,1-8H3. The summed E-state index contributed by atoms with van der Waals surface area (Å²) in [6.07, 6.45) is 1.95. The van der Waals surface area contributed by atoms with E-state index in [1.54, 1.807) is 0 Å². The zero-order valence-electron chi connectivity index (χ0n) is 37.1. The molecule has 2 aromatic heterocycles. The minimum Gasteiger partial charge on any atom is -0.457 e. The molecule has 1 aliphatic rings. The fraction of sp³-hybridized carbons (Fsp3) is 0.211. The smallest absolute Gasteiger partial charge is 0.137 e. The summed E-state index contributed by atoms with van der Waals surface area (Å²) in [5.74, 6) is 2.42. The summed E-state index contributed by atoms with van der Waals surface area (Å²) in [5, 5.41) is 4.85. The van der Waals surface area contributed by atoms with E-state index in [1.165, 1.54) is 55.5 Å². The van der Waals surface area contributed by atoms with Crippen molar-refractivity contribution in [2.24, 2.45) is 0 Å². The Bertz CT molecular complexity index is 3120. The number of hydrogen-bond donors (Lipinski definition) is 0. The van der Waals surface area contributed by atoms with Crippen LogP contribution in [0.1, 0.15) is 77.6 Å². The number of fused-ring (bicyclic) bond motifs is 5. The lowest BCUT2D eigenvalue weighted by atomic mass is 9.76. The average molecular weight is 811 g/mol. The van der Waals surface area contributed by atoms with Crippen molar-refractivity contribution >= 4 is 55.3 Å². The number of rotatable bonds is 7. The molecule has 0 aliphatic carbocycles. The second-order valence-electron chi connectivity index (χ2n) is 19.4. The molecule has 62 heavy (non-hydrogen) atoms. The normalized spacial score (nSPS) is 13.4. The third kappa shape index (κ3) is 6.86. The van der Waals surface area contributed by atoms with Crippen LogP contribution in [-0.4, -0.2) is 16.2 Å². The van der Waals surface area contributed by atoms with E-state index in [0.717, 1.165) is 39.4 Å². The third-order valence-corrected chi connectivity index (χ3v) is 12.9. The summed E-state index contributed by atoms with van der Waals surface area (Å²) >= 11 is 0. The van der Waals surface area contributed by atoms with Gasteiger partial charge < -0.3 is 14.5 Å². The van der Waals surface area contributed by atoms with Crippen LogP contribution in [0, 0.1) is 0 Å². The van der Waals surface area contributed by atoms with E-state index in [0.29, 0.717) is 6.67 Å². The van der Waals surface area contributed by atoms with E-state index in [2.05, 4.69) is 227 Å². The number of nitrogens with zero attached hydrogens (tertiary/aromatic N) is 4. The Hall–Kier alpha value is -6.85. The predicted octanol–water partition coefficient (Wildman–Crippen LogP) is 15.3. The van der Waals surface area contributed by atoms with Gasteiger partial charge in [0.1, 0.15) is 24.0 Å². The first-order valence-corrected chi connectivity index (χ1v) is 21.8. The number of ether oxygens (including phenoxy) is 1. The van der Waals surface area contributed by atoms with Crippen molar-refractivity contribution in [3.8, 4) is 17.3 Å². The highest BCUT2D eigenvalue weighted by Gasteiger charge is 2.31. The van der Waals surface area contributed by atoms with E-state index in [-0.39, 0.29) is 16.2 Å². The summed E-state index contributed by atoms with van der Waals surface area (Å²) in [6.45, 7) is 19.1. The van der Waals surface area contributed by atoms with Crippen molar-refractivity contribution in [2.45, 2.75) is 71.6 Å². The molecule has 0 spiro atoms. The molecule has 3 heterocycles. The zero-order chi connectivity index (χ0) is 43.0. The first-order valence-electron chi connectivity index (χ1n) is 21.8. The minimum absolute atomic E-state index is 0.0214. The Morgan fingerprint density at radius 2 is 1.08 bits per heavy atom. The number of benzene rings is 7. The maximum absolute atomic E-state index is 6.78. The van der Waals surface area contributed by atoms with Gasteiger partial charge in [-0.05, 0) is 111 Å². The molecule has 9 aromatic rings. The lowest BCUT2D eigenvalue weighted by Crippen LogP contribution is -2.25. The SMILES string of the molecule is CC(C)(C)c1cc(N2CN(c3cccc(Oc4ccc5c6ccccc6n(-c6cc(C(C)(C)c7cccc8ccccc78)ccn6)c5c4)c3)c3ccccc32)cc(C(C)(C)C)c1. The molecule has 0 amide bonds. The Balaban J connectivity index is 1.00. The van der Waals surface area contributed by atoms with Crippen LogP contribution in [0.15, 0.2) is 170 Å². The molecule has 0 saturated carbocycles. The highest BCUT2D eigenvalue weighted by atomic mass is 16.5. The lowest BCUT2D eigenvalue weighted by molar-refractivity contribution is 0.483. The van der Waals surface area contributed by atoms with Gasteiger partial charge in [0, 0.05) is 45.9 Å². The van der Waals surface area contributed by atoms with Gasteiger partial charge in [0.2, 0.25) is 0 Å². The van der Waals surface area contributed by atoms with Crippen LogP contribution < -0.4 is 14.5 Å². The Morgan fingerprint density at radius 3 is 1.82 bits per heavy atom. The van der Waals surface area contributed by atoms with Gasteiger partial charge in [0.05, 0.1) is 22.4 Å². The van der Waals surface area contributed by atoms with Crippen LogP contribution in [0.5, 0.6) is 11.5 Å². The Labute approximate surface area is 365 Å². The number of aromatic nitrogens is 2. The number of hydrogen-bond acceptors (Lipinski definition) is 4. The van der Waals surface area contributed by atoms with Gasteiger partial charge in [0.15, 0.2) is 0 Å². The quantitative estimate of drug-likeness (QED) is 0.161. The monoisotopic (exact) mass is 810 g/mol. The highest BCUT2D eigenvalue weighted by Crippen LogP contribution is 2.47. The lowest BCUT2D eigenvalue weighted by Gasteiger charge is -2.29. The Kier molecular flexibility index (Phi) is 9.29. The minimum atomic E-state index is -0.269. The number of anilines is 4. The third-order valence-electron chi connectivity index (χ3n) is 12.9. The van der Waals surface area contributed by atoms with Crippen LogP contribution >= 0.6 is 0 Å². The maximum Gasteiger partial charge on any atom is 0.137 e. The van der Waals surface area contributed by atoms with E-state index in [4.69, 9.17) is 9.72 Å². The van der Waals surface area contributed by atoms with Crippen LogP contribution in [0.2, 0.25) is 0 Å². The molecule has 0 bridgehead atoms. The first-order chi connectivity index (χ1) is 29.7.